The van der Waals surface area contributed by atoms with E-state index < -0.39 is 5.97 Å². The second-order valence-corrected chi connectivity index (χ2v) is 2.99. The second kappa shape index (κ2) is 5.81. The predicted molar refractivity (Wildman–Crippen MR) is 52.8 cm³/mol. The van der Waals surface area contributed by atoms with Crippen LogP contribution < -0.4 is 10.6 Å². The molecular formula is C8H12N4O4. The molecule has 0 aliphatic carbocycles. The van der Waals surface area contributed by atoms with Gasteiger partial charge in [0, 0.05) is 13.5 Å². The molecule has 8 nitrogen and oxygen atoms in total. The molecule has 0 saturated carbocycles. The lowest BCUT2D eigenvalue weighted by atomic mass is 10.4. The summed E-state index contributed by atoms with van der Waals surface area (Å²) >= 11 is 0. The van der Waals surface area contributed by atoms with Gasteiger partial charge in [0.15, 0.2) is 0 Å². The highest BCUT2D eigenvalue weighted by molar-refractivity contribution is 5.90. The number of carbonyl (C=O) groups is 2. The Morgan fingerprint density at radius 2 is 2.19 bits per heavy atom. The molecule has 0 fully saturated rings. The molecule has 88 valence electrons. The van der Waals surface area contributed by atoms with Gasteiger partial charge in [-0.15, -0.1) is 5.10 Å². The maximum absolute atomic E-state index is 11.2. The van der Waals surface area contributed by atoms with Crippen LogP contribution in [0.2, 0.25) is 0 Å². The molecule has 8 heteroatoms. The maximum Gasteiger partial charge on any atom is 0.322 e. The van der Waals surface area contributed by atoms with Crippen LogP contribution in [0.5, 0.6) is 0 Å². The molecule has 0 unspecified atom stereocenters. The van der Waals surface area contributed by atoms with Gasteiger partial charge < -0.3 is 14.8 Å². The van der Waals surface area contributed by atoms with E-state index in [2.05, 4.69) is 20.8 Å². The van der Waals surface area contributed by atoms with Gasteiger partial charge in [0.2, 0.25) is 11.8 Å². The lowest BCUT2D eigenvalue weighted by Gasteiger charge is -2.01. The highest BCUT2D eigenvalue weighted by Gasteiger charge is 2.07. The fourth-order valence-corrected chi connectivity index (χ4v) is 0.908. The number of nitrogens with one attached hydrogen (secondary N) is 2. The van der Waals surface area contributed by atoms with Crippen LogP contribution in [0.4, 0.5) is 6.01 Å². The van der Waals surface area contributed by atoms with Crippen molar-refractivity contribution in [1.82, 2.24) is 15.5 Å². The molecule has 0 spiro atoms. The van der Waals surface area contributed by atoms with Gasteiger partial charge in [-0.05, 0) is 0 Å². The molecule has 0 atom stereocenters. The third kappa shape index (κ3) is 4.51. The number of carbonyl (C=O) groups excluding carboxylic acids is 1. The number of aryl methyl sites for hydroxylation is 1. The van der Waals surface area contributed by atoms with Crippen molar-refractivity contribution in [2.24, 2.45) is 0 Å². The molecule has 16 heavy (non-hydrogen) atoms. The number of aliphatic carboxylic acids is 1. The van der Waals surface area contributed by atoms with Crippen LogP contribution >= 0.6 is 0 Å². The molecule has 0 bridgehead atoms. The number of carboxylic acids is 1. The van der Waals surface area contributed by atoms with Crippen molar-refractivity contribution in [3.63, 3.8) is 0 Å². The van der Waals surface area contributed by atoms with E-state index in [1.807, 2.05) is 0 Å². The maximum atomic E-state index is 11.2. The predicted octanol–water partition coefficient (Wildman–Crippen LogP) is -0.619. The normalized spacial score (nSPS) is 10.1. The summed E-state index contributed by atoms with van der Waals surface area (Å²) in [7, 11) is 0. The van der Waals surface area contributed by atoms with E-state index in [4.69, 9.17) is 9.52 Å². The van der Waals surface area contributed by atoms with Gasteiger partial charge in [-0.3, -0.25) is 14.9 Å². The van der Waals surface area contributed by atoms with Crippen LogP contribution in [0, 0.1) is 6.92 Å². The topological polar surface area (TPSA) is 117 Å². The average Bonchev–Trinajstić information content (AvgIpc) is 2.58. The van der Waals surface area contributed by atoms with Crippen molar-refractivity contribution in [1.29, 1.82) is 0 Å². The first-order chi connectivity index (χ1) is 7.58. The van der Waals surface area contributed by atoms with Crippen LogP contribution in [0.3, 0.4) is 0 Å². The zero-order chi connectivity index (χ0) is 12.0. The highest BCUT2D eigenvalue weighted by atomic mass is 16.4. The zero-order valence-corrected chi connectivity index (χ0v) is 8.69. The number of rotatable bonds is 6. The van der Waals surface area contributed by atoms with Crippen molar-refractivity contribution in [2.75, 3.05) is 18.4 Å². The fourth-order valence-electron chi connectivity index (χ4n) is 0.908. The molecule has 1 rings (SSSR count). The Morgan fingerprint density at radius 3 is 2.75 bits per heavy atom. The summed E-state index contributed by atoms with van der Waals surface area (Å²) in [6, 6.07) is 0.0301. The Morgan fingerprint density at radius 1 is 1.44 bits per heavy atom. The van der Waals surface area contributed by atoms with Gasteiger partial charge in [-0.1, -0.05) is 5.10 Å². The van der Waals surface area contributed by atoms with Crippen molar-refractivity contribution < 1.29 is 19.1 Å². The first kappa shape index (κ1) is 12.1. The number of carboxylic acid groups (broad SMARTS) is 1. The summed E-state index contributed by atoms with van der Waals surface area (Å²) in [5, 5.41) is 20.5. The minimum atomic E-state index is -0.916. The number of amides is 1. The van der Waals surface area contributed by atoms with Gasteiger partial charge in [-0.25, -0.2) is 0 Å². The van der Waals surface area contributed by atoms with Gasteiger partial charge in [0.25, 0.3) is 0 Å². The van der Waals surface area contributed by atoms with Crippen molar-refractivity contribution in [3.05, 3.63) is 5.89 Å². The van der Waals surface area contributed by atoms with Crippen LogP contribution in [0.15, 0.2) is 4.42 Å². The van der Waals surface area contributed by atoms with Gasteiger partial charge in [-0.2, -0.15) is 0 Å². The smallest absolute Gasteiger partial charge is 0.322 e. The number of hydrogen-bond donors (Lipinski definition) is 3. The molecule has 1 aromatic heterocycles. The number of anilines is 1. The Hall–Kier alpha value is -1.96. The number of aromatic nitrogens is 2. The minimum Gasteiger partial charge on any atom is -0.481 e. The fraction of sp³-hybridized carbons (Fsp3) is 0.500. The van der Waals surface area contributed by atoms with E-state index in [1.54, 1.807) is 6.92 Å². The minimum absolute atomic E-state index is 0.00525. The Balaban J connectivity index is 2.18. The van der Waals surface area contributed by atoms with Gasteiger partial charge in [0.05, 0.1) is 13.0 Å². The SMILES string of the molecule is Cc1nnc(NC(=O)CNCCC(=O)O)o1. The Kier molecular flexibility index (Phi) is 4.40. The monoisotopic (exact) mass is 228 g/mol. The van der Waals surface area contributed by atoms with Crippen LogP contribution in [0.1, 0.15) is 12.3 Å². The lowest BCUT2D eigenvalue weighted by Crippen LogP contribution is -2.29. The molecule has 1 heterocycles. The summed E-state index contributed by atoms with van der Waals surface area (Å²) in [5.41, 5.74) is 0. The van der Waals surface area contributed by atoms with Crippen LogP contribution in [0.25, 0.3) is 0 Å². The molecule has 0 saturated heterocycles. The molecule has 0 aromatic carbocycles. The molecule has 0 aliphatic heterocycles. The average molecular weight is 228 g/mol. The summed E-state index contributed by atoms with van der Waals surface area (Å²) in [6.07, 6.45) is -0.0348. The van der Waals surface area contributed by atoms with Crippen molar-refractivity contribution in [3.8, 4) is 0 Å². The van der Waals surface area contributed by atoms with E-state index in [0.717, 1.165) is 0 Å². The molecule has 1 aromatic rings. The number of hydrogen-bond acceptors (Lipinski definition) is 6. The summed E-state index contributed by atoms with van der Waals surface area (Å²) < 4.78 is 4.92. The molecule has 1 amide bonds. The third-order valence-electron chi connectivity index (χ3n) is 1.57. The number of nitrogens with zero attached hydrogens (tertiary/aromatic N) is 2. The van der Waals surface area contributed by atoms with Crippen molar-refractivity contribution in [2.45, 2.75) is 13.3 Å². The van der Waals surface area contributed by atoms with E-state index >= 15 is 0 Å². The lowest BCUT2D eigenvalue weighted by molar-refractivity contribution is -0.137. The van der Waals surface area contributed by atoms with E-state index in [-0.39, 0.29) is 31.4 Å². The second-order valence-electron chi connectivity index (χ2n) is 2.99. The standard InChI is InChI=1S/C8H12N4O4/c1-5-11-12-8(16-5)10-6(13)4-9-3-2-7(14)15/h9H,2-4H2,1H3,(H,14,15)(H,10,12,13). The van der Waals surface area contributed by atoms with Gasteiger partial charge in [0.1, 0.15) is 0 Å². The molecule has 3 N–H and O–H groups in total. The van der Waals surface area contributed by atoms with E-state index in [9.17, 15) is 9.59 Å². The van der Waals surface area contributed by atoms with Crippen molar-refractivity contribution >= 4 is 17.9 Å². The first-order valence-corrected chi connectivity index (χ1v) is 4.60. The van der Waals surface area contributed by atoms with Crippen LogP contribution in [-0.4, -0.2) is 40.3 Å². The van der Waals surface area contributed by atoms with E-state index in [0.29, 0.717) is 5.89 Å². The Bertz CT molecular complexity index is 376. The van der Waals surface area contributed by atoms with E-state index in [1.165, 1.54) is 0 Å². The Labute approximate surface area is 91.0 Å². The van der Waals surface area contributed by atoms with Gasteiger partial charge >= 0.3 is 12.0 Å². The third-order valence-corrected chi connectivity index (χ3v) is 1.57. The molecule has 0 radical (unpaired) electrons. The van der Waals surface area contributed by atoms with Crippen LogP contribution in [-0.2, 0) is 9.59 Å². The summed E-state index contributed by atoms with van der Waals surface area (Å²) in [6.45, 7) is 1.83. The molecular weight excluding hydrogens is 216 g/mol. The summed E-state index contributed by atoms with van der Waals surface area (Å²) in [4.78, 5) is 21.4. The highest BCUT2D eigenvalue weighted by Crippen LogP contribution is 2.02. The quantitative estimate of drug-likeness (QED) is 0.555. The molecule has 0 aliphatic rings. The largest absolute Gasteiger partial charge is 0.481 e. The summed E-state index contributed by atoms with van der Waals surface area (Å²) in [5.74, 6) is -0.927. The first-order valence-electron chi connectivity index (χ1n) is 4.60. The zero-order valence-electron chi connectivity index (χ0n) is 8.69.